The molecule has 0 saturated carbocycles. The summed E-state index contributed by atoms with van der Waals surface area (Å²) in [4.78, 5) is 14.6. The zero-order chi connectivity index (χ0) is 13.7. The van der Waals surface area contributed by atoms with E-state index in [9.17, 15) is 4.79 Å². The molecule has 1 amide bonds. The van der Waals surface area contributed by atoms with Gasteiger partial charge in [-0.1, -0.05) is 6.92 Å². The van der Waals surface area contributed by atoms with Crippen molar-refractivity contribution in [2.75, 3.05) is 46.6 Å². The highest BCUT2D eigenvalue weighted by molar-refractivity contribution is 5.80. The van der Waals surface area contributed by atoms with Gasteiger partial charge in [0.25, 0.3) is 0 Å². The largest absolute Gasteiger partial charge is 0.384 e. The second-order valence-electron chi connectivity index (χ2n) is 5.56. The summed E-state index contributed by atoms with van der Waals surface area (Å²) in [5.41, 5.74) is 0. The van der Waals surface area contributed by atoms with Crippen molar-refractivity contribution in [3.05, 3.63) is 0 Å². The van der Waals surface area contributed by atoms with Crippen LogP contribution in [0, 0.1) is 11.8 Å². The standard InChI is InChI=1S/C14H26N2O3/c1-3-15-13-10-19-9-12(13)14(17)16-6-4-5-11(7-16)8-18-2/h11-13,15H,3-10H2,1-2H3. The molecule has 5 heteroatoms. The third-order valence-electron chi connectivity index (χ3n) is 4.10. The summed E-state index contributed by atoms with van der Waals surface area (Å²) in [5.74, 6) is 0.730. The van der Waals surface area contributed by atoms with Gasteiger partial charge in [-0.2, -0.15) is 0 Å². The number of carbonyl (C=O) groups excluding carboxylic acids is 1. The minimum atomic E-state index is -0.0127. The number of piperidine rings is 1. The average Bonchev–Trinajstić information content (AvgIpc) is 2.87. The first kappa shape index (κ1) is 14.8. The van der Waals surface area contributed by atoms with E-state index in [4.69, 9.17) is 9.47 Å². The van der Waals surface area contributed by atoms with Crippen molar-refractivity contribution < 1.29 is 14.3 Å². The number of nitrogens with zero attached hydrogens (tertiary/aromatic N) is 1. The summed E-state index contributed by atoms with van der Waals surface area (Å²) in [6.07, 6.45) is 2.24. The first-order valence-corrected chi connectivity index (χ1v) is 7.35. The lowest BCUT2D eigenvalue weighted by Gasteiger charge is -2.34. The number of likely N-dealkylation sites (N-methyl/N-ethyl adjacent to an activating group) is 1. The molecule has 3 atom stereocenters. The van der Waals surface area contributed by atoms with Gasteiger partial charge in [0.15, 0.2) is 0 Å². The van der Waals surface area contributed by atoms with Crippen LogP contribution in [0.15, 0.2) is 0 Å². The van der Waals surface area contributed by atoms with Crippen LogP contribution in [0.2, 0.25) is 0 Å². The van der Waals surface area contributed by atoms with Crippen LogP contribution in [0.3, 0.4) is 0 Å². The van der Waals surface area contributed by atoms with E-state index in [0.29, 0.717) is 19.1 Å². The topological polar surface area (TPSA) is 50.8 Å². The molecule has 0 aromatic rings. The van der Waals surface area contributed by atoms with Crippen molar-refractivity contribution in [2.24, 2.45) is 11.8 Å². The lowest BCUT2D eigenvalue weighted by atomic mass is 9.95. The number of nitrogens with one attached hydrogen (secondary N) is 1. The summed E-state index contributed by atoms with van der Waals surface area (Å²) >= 11 is 0. The van der Waals surface area contributed by atoms with Crippen LogP contribution in [0.5, 0.6) is 0 Å². The Balaban J connectivity index is 1.91. The fourth-order valence-electron chi connectivity index (χ4n) is 3.13. The quantitative estimate of drug-likeness (QED) is 0.790. The fraction of sp³-hybridized carbons (Fsp3) is 0.929. The van der Waals surface area contributed by atoms with Crippen molar-refractivity contribution >= 4 is 5.91 Å². The lowest BCUT2D eigenvalue weighted by molar-refractivity contribution is -0.138. The molecule has 1 N–H and O–H groups in total. The Labute approximate surface area is 115 Å². The van der Waals surface area contributed by atoms with Crippen molar-refractivity contribution in [3.8, 4) is 0 Å². The summed E-state index contributed by atoms with van der Waals surface area (Å²) in [6.45, 7) is 6.62. The monoisotopic (exact) mass is 270 g/mol. The molecule has 0 aromatic carbocycles. The van der Waals surface area contributed by atoms with Crippen molar-refractivity contribution in [1.82, 2.24) is 10.2 Å². The van der Waals surface area contributed by atoms with E-state index >= 15 is 0 Å². The molecule has 2 saturated heterocycles. The van der Waals surface area contributed by atoms with Crippen LogP contribution in [-0.4, -0.2) is 63.4 Å². The van der Waals surface area contributed by atoms with Gasteiger partial charge in [-0.3, -0.25) is 4.79 Å². The highest BCUT2D eigenvalue weighted by atomic mass is 16.5. The number of likely N-dealkylation sites (tertiary alicyclic amines) is 1. The van der Waals surface area contributed by atoms with E-state index in [0.717, 1.165) is 39.1 Å². The highest BCUT2D eigenvalue weighted by Gasteiger charge is 2.37. The Kier molecular flexibility index (Phi) is 5.60. The Hall–Kier alpha value is -0.650. The fourth-order valence-corrected chi connectivity index (χ4v) is 3.13. The van der Waals surface area contributed by atoms with Gasteiger partial charge < -0.3 is 19.7 Å². The van der Waals surface area contributed by atoms with E-state index in [1.54, 1.807) is 7.11 Å². The molecule has 2 aliphatic heterocycles. The van der Waals surface area contributed by atoms with Crippen LogP contribution in [0.1, 0.15) is 19.8 Å². The summed E-state index contributed by atoms with van der Waals surface area (Å²) < 4.78 is 10.7. The second kappa shape index (κ2) is 7.22. The highest BCUT2D eigenvalue weighted by Crippen LogP contribution is 2.22. The van der Waals surface area contributed by atoms with Gasteiger partial charge in [0.05, 0.1) is 25.7 Å². The first-order valence-electron chi connectivity index (χ1n) is 7.35. The number of hydrogen-bond acceptors (Lipinski definition) is 4. The zero-order valence-corrected chi connectivity index (χ0v) is 12.1. The van der Waals surface area contributed by atoms with Crippen molar-refractivity contribution in [1.29, 1.82) is 0 Å². The van der Waals surface area contributed by atoms with Gasteiger partial charge in [-0.25, -0.2) is 0 Å². The molecule has 0 bridgehead atoms. The van der Waals surface area contributed by atoms with E-state index < -0.39 is 0 Å². The van der Waals surface area contributed by atoms with Gasteiger partial charge >= 0.3 is 0 Å². The molecule has 0 radical (unpaired) electrons. The van der Waals surface area contributed by atoms with E-state index in [2.05, 4.69) is 12.2 Å². The van der Waals surface area contributed by atoms with Gasteiger partial charge in [-0.05, 0) is 25.3 Å². The molecule has 2 fully saturated rings. The minimum absolute atomic E-state index is 0.0127. The molecular weight excluding hydrogens is 244 g/mol. The molecule has 2 aliphatic rings. The SMILES string of the molecule is CCNC1COCC1C(=O)N1CCCC(COC)C1. The van der Waals surface area contributed by atoms with Gasteiger partial charge in [-0.15, -0.1) is 0 Å². The molecule has 2 heterocycles. The molecule has 110 valence electrons. The van der Waals surface area contributed by atoms with Crippen LogP contribution in [-0.2, 0) is 14.3 Å². The maximum Gasteiger partial charge on any atom is 0.229 e. The smallest absolute Gasteiger partial charge is 0.229 e. The summed E-state index contributed by atoms with van der Waals surface area (Å²) in [5, 5.41) is 3.35. The Bertz CT molecular complexity index is 296. The lowest BCUT2D eigenvalue weighted by Crippen LogP contribution is -2.49. The maximum atomic E-state index is 12.6. The van der Waals surface area contributed by atoms with Crippen LogP contribution < -0.4 is 5.32 Å². The average molecular weight is 270 g/mol. The molecule has 5 nitrogen and oxygen atoms in total. The van der Waals surface area contributed by atoms with Gasteiger partial charge in [0, 0.05) is 26.2 Å². The van der Waals surface area contributed by atoms with Crippen LogP contribution >= 0.6 is 0 Å². The summed E-state index contributed by atoms with van der Waals surface area (Å²) in [7, 11) is 1.73. The molecular formula is C14H26N2O3. The first-order chi connectivity index (χ1) is 9.26. The van der Waals surface area contributed by atoms with E-state index in [-0.39, 0.29) is 17.9 Å². The number of carbonyl (C=O) groups is 1. The normalized spacial score (nSPS) is 31.7. The maximum absolute atomic E-state index is 12.6. The molecule has 0 aliphatic carbocycles. The number of rotatable bonds is 5. The van der Waals surface area contributed by atoms with Crippen LogP contribution in [0.4, 0.5) is 0 Å². The van der Waals surface area contributed by atoms with Crippen molar-refractivity contribution in [3.63, 3.8) is 0 Å². The van der Waals surface area contributed by atoms with Gasteiger partial charge in [0.1, 0.15) is 0 Å². The predicted molar refractivity (Wildman–Crippen MR) is 73.0 cm³/mol. The van der Waals surface area contributed by atoms with Crippen LogP contribution in [0.25, 0.3) is 0 Å². The Morgan fingerprint density at radius 2 is 2.32 bits per heavy atom. The third-order valence-corrected chi connectivity index (χ3v) is 4.10. The second-order valence-corrected chi connectivity index (χ2v) is 5.56. The summed E-state index contributed by atoms with van der Waals surface area (Å²) in [6, 6.07) is 0.181. The van der Waals surface area contributed by atoms with E-state index in [1.807, 2.05) is 4.90 Å². The van der Waals surface area contributed by atoms with Crippen molar-refractivity contribution in [2.45, 2.75) is 25.8 Å². The minimum Gasteiger partial charge on any atom is -0.384 e. The number of amides is 1. The zero-order valence-electron chi connectivity index (χ0n) is 12.1. The van der Waals surface area contributed by atoms with Gasteiger partial charge in [0.2, 0.25) is 5.91 Å². The number of ether oxygens (including phenoxy) is 2. The van der Waals surface area contributed by atoms with E-state index in [1.165, 1.54) is 0 Å². The predicted octanol–water partition coefficient (Wildman–Crippen LogP) is 0.496. The number of methoxy groups -OCH3 is 1. The molecule has 3 unspecified atom stereocenters. The molecule has 2 rings (SSSR count). The Morgan fingerprint density at radius 1 is 1.47 bits per heavy atom. The Morgan fingerprint density at radius 3 is 3.05 bits per heavy atom. The molecule has 0 spiro atoms. The molecule has 19 heavy (non-hydrogen) atoms. The third kappa shape index (κ3) is 3.68. The molecule has 0 aromatic heterocycles. The number of hydrogen-bond donors (Lipinski definition) is 1.